The van der Waals surface area contributed by atoms with Crippen LogP contribution in [0.4, 0.5) is 0 Å². The van der Waals surface area contributed by atoms with Crippen LogP contribution in [0.3, 0.4) is 0 Å². The van der Waals surface area contributed by atoms with E-state index >= 15 is 0 Å². The number of hydrogen-bond donors (Lipinski definition) is 1. The van der Waals surface area contributed by atoms with Gasteiger partial charge in [-0.1, -0.05) is 52.0 Å². The van der Waals surface area contributed by atoms with Crippen molar-refractivity contribution < 1.29 is 9.90 Å². The van der Waals surface area contributed by atoms with Crippen LogP contribution in [-0.2, 0) is 10.3 Å². The third kappa shape index (κ3) is 2.98. The molecule has 0 saturated carbocycles. The van der Waals surface area contributed by atoms with Gasteiger partial charge in [0.1, 0.15) is 5.54 Å². The molecule has 0 fully saturated rings. The predicted molar refractivity (Wildman–Crippen MR) is 78.4 cm³/mol. The monoisotopic (exact) mass is 263 g/mol. The Hall–Kier alpha value is -1.35. The molecule has 1 atom stereocenters. The third-order valence-corrected chi connectivity index (χ3v) is 3.95. The van der Waals surface area contributed by atoms with Crippen molar-refractivity contribution in [2.75, 3.05) is 13.1 Å². The number of nitrogens with zero attached hydrogens (tertiary/aromatic N) is 1. The lowest BCUT2D eigenvalue weighted by atomic mass is 9.88. The molecule has 0 saturated heterocycles. The highest BCUT2D eigenvalue weighted by Gasteiger charge is 2.39. The van der Waals surface area contributed by atoms with E-state index in [2.05, 4.69) is 13.8 Å². The Kier molecular flexibility index (Phi) is 5.12. The second-order valence-electron chi connectivity index (χ2n) is 5.33. The van der Waals surface area contributed by atoms with Crippen LogP contribution in [0.25, 0.3) is 0 Å². The van der Waals surface area contributed by atoms with E-state index in [9.17, 15) is 9.90 Å². The largest absolute Gasteiger partial charge is 0.480 e. The Bertz CT molecular complexity index is 421. The van der Waals surface area contributed by atoms with E-state index in [-0.39, 0.29) is 0 Å². The molecular weight excluding hydrogens is 238 g/mol. The van der Waals surface area contributed by atoms with E-state index in [1.54, 1.807) is 6.92 Å². The lowest BCUT2D eigenvalue weighted by Gasteiger charge is -2.37. The van der Waals surface area contributed by atoms with Gasteiger partial charge in [0.2, 0.25) is 0 Å². The summed E-state index contributed by atoms with van der Waals surface area (Å²) in [4.78, 5) is 13.7. The summed E-state index contributed by atoms with van der Waals surface area (Å²) in [5.74, 6) is -0.341. The number of aliphatic carboxylic acids is 1. The Labute approximate surface area is 116 Å². The zero-order valence-electron chi connectivity index (χ0n) is 12.6. The zero-order valence-corrected chi connectivity index (χ0v) is 12.6. The smallest absolute Gasteiger partial charge is 0.328 e. The van der Waals surface area contributed by atoms with Gasteiger partial charge in [0.05, 0.1) is 0 Å². The number of likely N-dealkylation sites (N-methyl/N-ethyl adjacent to an activating group) is 1. The van der Waals surface area contributed by atoms with Gasteiger partial charge >= 0.3 is 5.97 Å². The first-order valence-electron chi connectivity index (χ1n) is 6.96. The quantitative estimate of drug-likeness (QED) is 0.854. The summed E-state index contributed by atoms with van der Waals surface area (Å²) >= 11 is 0. The predicted octanol–water partition coefficient (Wildman–Crippen LogP) is 3.45. The fourth-order valence-electron chi connectivity index (χ4n) is 2.49. The average molecular weight is 263 g/mol. The molecule has 0 aliphatic heterocycles. The minimum atomic E-state index is -0.959. The summed E-state index contributed by atoms with van der Waals surface area (Å²) in [6.07, 6.45) is 0. The molecule has 106 valence electrons. The van der Waals surface area contributed by atoms with Crippen LogP contribution in [0.15, 0.2) is 24.3 Å². The van der Waals surface area contributed by atoms with Crippen molar-refractivity contribution in [2.24, 2.45) is 0 Å². The highest BCUT2D eigenvalue weighted by atomic mass is 16.4. The van der Waals surface area contributed by atoms with E-state index in [0.717, 1.165) is 5.56 Å². The highest BCUT2D eigenvalue weighted by molar-refractivity contribution is 5.80. The van der Waals surface area contributed by atoms with Crippen LogP contribution < -0.4 is 0 Å². The van der Waals surface area contributed by atoms with Crippen LogP contribution in [0.2, 0.25) is 0 Å². The molecule has 0 bridgehead atoms. The standard InChI is InChI=1S/C16H25NO2/c1-6-17(7-2)16(5,15(18)19)14-10-8-13(9-11-14)12(3)4/h8-12H,6-7H2,1-5H3,(H,18,19). The Morgan fingerprint density at radius 3 is 2.00 bits per heavy atom. The fourth-order valence-corrected chi connectivity index (χ4v) is 2.49. The first kappa shape index (κ1) is 15.7. The van der Waals surface area contributed by atoms with E-state index in [4.69, 9.17) is 0 Å². The Balaban J connectivity index is 3.22. The van der Waals surface area contributed by atoms with Crippen LogP contribution in [0.1, 0.15) is 51.7 Å². The molecule has 0 spiro atoms. The molecule has 1 aromatic carbocycles. The van der Waals surface area contributed by atoms with Gasteiger partial charge in [-0.3, -0.25) is 4.90 Å². The van der Waals surface area contributed by atoms with Crippen molar-refractivity contribution in [1.82, 2.24) is 4.90 Å². The van der Waals surface area contributed by atoms with Gasteiger partial charge in [0, 0.05) is 0 Å². The van der Waals surface area contributed by atoms with Gasteiger partial charge in [-0.2, -0.15) is 0 Å². The number of carbonyl (C=O) groups is 1. The molecule has 0 aliphatic rings. The minimum absolute atomic E-state index is 0.457. The van der Waals surface area contributed by atoms with Crippen molar-refractivity contribution >= 4 is 5.97 Å². The van der Waals surface area contributed by atoms with Gasteiger partial charge in [-0.05, 0) is 37.1 Å². The normalized spacial score (nSPS) is 14.7. The maximum absolute atomic E-state index is 11.8. The van der Waals surface area contributed by atoms with Crippen molar-refractivity contribution in [1.29, 1.82) is 0 Å². The molecule has 1 unspecified atom stereocenters. The van der Waals surface area contributed by atoms with Crippen LogP contribution in [-0.4, -0.2) is 29.1 Å². The molecule has 1 rings (SSSR count). The fraction of sp³-hybridized carbons (Fsp3) is 0.562. The molecular formula is C16H25NO2. The van der Waals surface area contributed by atoms with E-state index in [1.807, 2.05) is 43.0 Å². The van der Waals surface area contributed by atoms with E-state index in [0.29, 0.717) is 19.0 Å². The van der Waals surface area contributed by atoms with E-state index < -0.39 is 11.5 Å². The number of hydrogen-bond acceptors (Lipinski definition) is 2. The Morgan fingerprint density at radius 1 is 1.21 bits per heavy atom. The van der Waals surface area contributed by atoms with Gasteiger partial charge < -0.3 is 5.11 Å². The van der Waals surface area contributed by atoms with Gasteiger partial charge in [0.15, 0.2) is 0 Å². The van der Waals surface area contributed by atoms with Crippen LogP contribution in [0.5, 0.6) is 0 Å². The first-order chi connectivity index (χ1) is 8.87. The molecule has 19 heavy (non-hydrogen) atoms. The SMILES string of the molecule is CCN(CC)C(C)(C(=O)O)c1ccc(C(C)C)cc1. The average Bonchev–Trinajstić information content (AvgIpc) is 2.39. The number of carboxylic acids is 1. The second kappa shape index (κ2) is 6.20. The van der Waals surface area contributed by atoms with Gasteiger partial charge in [0.25, 0.3) is 0 Å². The van der Waals surface area contributed by atoms with Crippen molar-refractivity contribution in [2.45, 2.75) is 46.1 Å². The van der Waals surface area contributed by atoms with Crippen molar-refractivity contribution in [3.8, 4) is 0 Å². The van der Waals surface area contributed by atoms with Crippen molar-refractivity contribution in [3.05, 3.63) is 35.4 Å². The lowest BCUT2D eigenvalue weighted by molar-refractivity contribution is -0.151. The minimum Gasteiger partial charge on any atom is -0.480 e. The molecule has 0 heterocycles. The van der Waals surface area contributed by atoms with Crippen LogP contribution >= 0.6 is 0 Å². The molecule has 0 aromatic heterocycles. The van der Waals surface area contributed by atoms with Crippen molar-refractivity contribution in [3.63, 3.8) is 0 Å². The molecule has 3 nitrogen and oxygen atoms in total. The summed E-state index contributed by atoms with van der Waals surface area (Å²) in [6, 6.07) is 7.96. The molecule has 1 N–H and O–H groups in total. The number of rotatable bonds is 6. The third-order valence-electron chi connectivity index (χ3n) is 3.95. The molecule has 3 heteroatoms. The zero-order chi connectivity index (χ0) is 14.6. The first-order valence-corrected chi connectivity index (χ1v) is 6.96. The van der Waals surface area contributed by atoms with E-state index in [1.165, 1.54) is 5.56 Å². The molecule has 1 aromatic rings. The maximum Gasteiger partial charge on any atom is 0.328 e. The molecule has 0 amide bonds. The number of benzene rings is 1. The summed E-state index contributed by atoms with van der Waals surface area (Å²) in [5, 5.41) is 9.66. The lowest BCUT2D eigenvalue weighted by Crippen LogP contribution is -2.49. The van der Waals surface area contributed by atoms with Gasteiger partial charge in [-0.25, -0.2) is 4.79 Å². The highest BCUT2D eigenvalue weighted by Crippen LogP contribution is 2.29. The van der Waals surface area contributed by atoms with Gasteiger partial charge in [-0.15, -0.1) is 0 Å². The molecule has 0 aliphatic carbocycles. The second-order valence-corrected chi connectivity index (χ2v) is 5.33. The topological polar surface area (TPSA) is 40.5 Å². The Morgan fingerprint density at radius 2 is 1.68 bits per heavy atom. The number of carboxylic acid groups (broad SMARTS) is 1. The summed E-state index contributed by atoms with van der Waals surface area (Å²) in [5.41, 5.74) is 1.11. The maximum atomic E-state index is 11.8. The van der Waals surface area contributed by atoms with Crippen LogP contribution in [0, 0.1) is 0 Å². The molecule has 0 radical (unpaired) electrons. The summed E-state index contributed by atoms with van der Waals surface area (Å²) in [6.45, 7) is 11.5. The summed E-state index contributed by atoms with van der Waals surface area (Å²) in [7, 11) is 0. The summed E-state index contributed by atoms with van der Waals surface area (Å²) < 4.78 is 0.